The van der Waals surface area contributed by atoms with E-state index in [4.69, 9.17) is 14.9 Å². The lowest BCUT2D eigenvalue weighted by molar-refractivity contribution is -0.126. The maximum Gasteiger partial charge on any atom is 0.151 e. The van der Waals surface area contributed by atoms with Crippen molar-refractivity contribution < 1.29 is 9.53 Å². The highest BCUT2D eigenvalue weighted by molar-refractivity contribution is 5.82. The minimum absolute atomic E-state index is 0.0203. The minimum atomic E-state index is -0.0203. The highest BCUT2D eigenvalue weighted by Gasteiger charge is 2.41. The number of nitrogens with zero attached hydrogens (tertiary/aromatic N) is 4. The second-order valence-corrected chi connectivity index (χ2v) is 11.6. The molecular weight excluding hydrogens is 448 g/mol. The Bertz CT molecular complexity index is 1040. The zero-order valence-electron chi connectivity index (χ0n) is 22.5. The number of carbonyl (C=O) groups is 1. The largest absolute Gasteiger partial charge is 0.496 e. The molecule has 2 atom stereocenters. The van der Waals surface area contributed by atoms with Crippen LogP contribution in [0.4, 0.5) is 0 Å². The average Bonchev–Trinajstić information content (AvgIpc) is 3.66. The molecule has 6 heteroatoms. The van der Waals surface area contributed by atoms with Crippen LogP contribution in [0.2, 0.25) is 0 Å². The molecule has 1 aliphatic heterocycles. The summed E-state index contributed by atoms with van der Waals surface area (Å²) in [6.07, 6.45) is 14.9. The number of Topliss-reactive ketones (excluding diaryl/α,β-unsaturated/α-hetero) is 1. The van der Waals surface area contributed by atoms with E-state index in [0.29, 0.717) is 18.2 Å². The van der Waals surface area contributed by atoms with Crippen molar-refractivity contribution in [2.45, 2.75) is 102 Å². The van der Waals surface area contributed by atoms with Gasteiger partial charge >= 0.3 is 0 Å². The molecule has 3 aliphatic rings. The third-order valence-electron chi connectivity index (χ3n) is 8.85. The standard InChI is InChI=1S/C30H44N4O2/c1-21-11-13-23(27(20-21)36-3)14-17-26(35)25-10-7-19-33(2)29(25)30-32-31-28(34(30)24-15-16-24)18-12-22-8-5-4-6-9-22/h11,13,20,22,24-25,29H,4-10,12,14-19H2,1-3H3/t25-,29+/m1/s1. The second-order valence-electron chi connectivity index (χ2n) is 11.6. The number of hydrogen-bond donors (Lipinski definition) is 0. The number of carbonyl (C=O) groups excluding carboxylic acids is 1. The fraction of sp³-hybridized carbons (Fsp3) is 0.700. The van der Waals surface area contributed by atoms with Crippen LogP contribution in [0.5, 0.6) is 5.75 Å². The van der Waals surface area contributed by atoms with Gasteiger partial charge in [-0.15, -0.1) is 10.2 Å². The molecule has 196 valence electrons. The summed E-state index contributed by atoms with van der Waals surface area (Å²) in [6.45, 7) is 3.08. The lowest BCUT2D eigenvalue weighted by atomic mass is 9.83. The molecule has 0 N–H and O–H groups in total. The monoisotopic (exact) mass is 492 g/mol. The summed E-state index contributed by atoms with van der Waals surface area (Å²) >= 11 is 0. The Morgan fingerprint density at radius 2 is 1.83 bits per heavy atom. The number of hydrogen-bond acceptors (Lipinski definition) is 5. The van der Waals surface area contributed by atoms with Crippen molar-refractivity contribution in [1.82, 2.24) is 19.7 Å². The molecule has 1 saturated heterocycles. The molecule has 0 unspecified atom stereocenters. The van der Waals surface area contributed by atoms with E-state index in [0.717, 1.165) is 61.1 Å². The van der Waals surface area contributed by atoms with Gasteiger partial charge in [0.15, 0.2) is 5.82 Å². The van der Waals surface area contributed by atoms with E-state index in [9.17, 15) is 4.79 Å². The Labute approximate surface area is 216 Å². The molecule has 2 heterocycles. The Hall–Kier alpha value is -2.21. The van der Waals surface area contributed by atoms with Crippen molar-refractivity contribution in [1.29, 1.82) is 0 Å². The number of ether oxygens (including phenoxy) is 1. The van der Waals surface area contributed by atoms with Crippen LogP contribution < -0.4 is 4.74 Å². The van der Waals surface area contributed by atoms with E-state index < -0.39 is 0 Å². The summed E-state index contributed by atoms with van der Waals surface area (Å²) in [6, 6.07) is 6.83. The van der Waals surface area contributed by atoms with Crippen LogP contribution in [0.25, 0.3) is 0 Å². The molecular formula is C30H44N4O2. The number of ketones is 1. The summed E-state index contributed by atoms with van der Waals surface area (Å²) in [5.41, 5.74) is 2.29. The molecule has 2 aromatic rings. The molecule has 1 aromatic carbocycles. The van der Waals surface area contributed by atoms with Gasteiger partial charge in [-0.1, -0.05) is 44.2 Å². The molecule has 0 radical (unpaired) electrons. The van der Waals surface area contributed by atoms with E-state index >= 15 is 0 Å². The molecule has 1 aromatic heterocycles. The van der Waals surface area contributed by atoms with Crippen molar-refractivity contribution in [2.75, 3.05) is 20.7 Å². The van der Waals surface area contributed by atoms with Gasteiger partial charge in [0.2, 0.25) is 0 Å². The van der Waals surface area contributed by atoms with E-state index in [1.807, 2.05) is 0 Å². The average molecular weight is 493 g/mol. The van der Waals surface area contributed by atoms with Gasteiger partial charge in [0.1, 0.15) is 17.4 Å². The fourth-order valence-electron chi connectivity index (χ4n) is 6.63. The summed E-state index contributed by atoms with van der Waals surface area (Å²) in [5.74, 6) is 4.27. The van der Waals surface area contributed by atoms with E-state index in [1.54, 1.807) is 7.11 Å². The summed E-state index contributed by atoms with van der Waals surface area (Å²) in [7, 11) is 3.88. The number of aromatic nitrogens is 3. The number of piperidine rings is 1. The number of aryl methyl sites for hydroxylation is 3. The molecule has 2 saturated carbocycles. The van der Waals surface area contributed by atoms with Gasteiger partial charge in [0.05, 0.1) is 13.2 Å². The molecule has 2 aliphatic carbocycles. The van der Waals surface area contributed by atoms with Crippen molar-refractivity contribution in [2.24, 2.45) is 11.8 Å². The predicted octanol–water partition coefficient (Wildman–Crippen LogP) is 6.03. The van der Waals surface area contributed by atoms with E-state index in [-0.39, 0.29) is 12.0 Å². The smallest absolute Gasteiger partial charge is 0.151 e. The van der Waals surface area contributed by atoms with Gasteiger partial charge in [-0.25, -0.2) is 0 Å². The van der Waals surface area contributed by atoms with Crippen molar-refractivity contribution in [3.8, 4) is 5.75 Å². The lowest BCUT2D eigenvalue weighted by Gasteiger charge is -2.38. The summed E-state index contributed by atoms with van der Waals surface area (Å²) in [5, 5.41) is 9.55. The molecule has 5 rings (SSSR count). The highest BCUT2D eigenvalue weighted by Crippen LogP contribution is 2.43. The van der Waals surface area contributed by atoms with Crippen LogP contribution in [-0.4, -0.2) is 46.1 Å². The van der Waals surface area contributed by atoms with Crippen molar-refractivity contribution in [3.63, 3.8) is 0 Å². The quantitative estimate of drug-likeness (QED) is 0.405. The van der Waals surface area contributed by atoms with Gasteiger partial charge in [-0.2, -0.15) is 0 Å². The van der Waals surface area contributed by atoms with Crippen LogP contribution >= 0.6 is 0 Å². The normalized spacial score (nSPS) is 23.6. The minimum Gasteiger partial charge on any atom is -0.496 e. The molecule has 0 amide bonds. The number of benzene rings is 1. The number of methoxy groups -OCH3 is 1. The Morgan fingerprint density at radius 3 is 2.58 bits per heavy atom. The molecule has 3 fully saturated rings. The Kier molecular flexibility index (Phi) is 8.09. The van der Waals surface area contributed by atoms with Gasteiger partial charge < -0.3 is 9.30 Å². The zero-order valence-corrected chi connectivity index (χ0v) is 22.5. The van der Waals surface area contributed by atoms with E-state index in [1.165, 1.54) is 56.9 Å². The topological polar surface area (TPSA) is 60.2 Å². The Balaban J connectivity index is 1.32. The van der Waals surface area contributed by atoms with Gasteiger partial charge in [0.25, 0.3) is 0 Å². The SMILES string of the molecule is COc1cc(C)ccc1CCC(=O)[C@H]1CCCN(C)[C@@H]1c1nnc(CCC2CCCCC2)n1C1CC1. The first-order valence-electron chi connectivity index (χ1n) is 14.3. The van der Waals surface area contributed by atoms with Crippen LogP contribution in [0.15, 0.2) is 18.2 Å². The van der Waals surface area contributed by atoms with E-state index in [2.05, 4.69) is 41.6 Å². The van der Waals surface area contributed by atoms with Crippen molar-refractivity contribution >= 4 is 5.78 Å². The fourth-order valence-corrected chi connectivity index (χ4v) is 6.63. The predicted molar refractivity (Wildman–Crippen MR) is 142 cm³/mol. The molecule has 6 nitrogen and oxygen atoms in total. The van der Waals surface area contributed by atoms with Crippen LogP contribution in [0.3, 0.4) is 0 Å². The molecule has 36 heavy (non-hydrogen) atoms. The van der Waals surface area contributed by atoms with Gasteiger partial charge in [-0.3, -0.25) is 9.69 Å². The number of likely N-dealkylation sites (tertiary alicyclic amines) is 1. The van der Waals surface area contributed by atoms with Gasteiger partial charge in [0, 0.05) is 24.8 Å². The summed E-state index contributed by atoms with van der Waals surface area (Å²) in [4.78, 5) is 16.0. The Morgan fingerprint density at radius 1 is 1.03 bits per heavy atom. The van der Waals surface area contributed by atoms with Crippen LogP contribution in [0.1, 0.15) is 105 Å². The first kappa shape index (κ1) is 25.4. The summed E-state index contributed by atoms with van der Waals surface area (Å²) < 4.78 is 8.05. The first-order chi connectivity index (χ1) is 17.5. The van der Waals surface area contributed by atoms with Crippen LogP contribution in [0, 0.1) is 18.8 Å². The van der Waals surface area contributed by atoms with Gasteiger partial charge in [-0.05, 0) is 82.2 Å². The molecule has 0 spiro atoms. The third kappa shape index (κ3) is 5.69. The number of rotatable bonds is 10. The van der Waals surface area contributed by atoms with Crippen molar-refractivity contribution in [3.05, 3.63) is 41.0 Å². The highest BCUT2D eigenvalue weighted by atomic mass is 16.5. The molecule has 0 bridgehead atoms. The maximum absolute atomic E-state index is 13.7. The second kappa shape index (κ2) is 11.5. The third-order valence-corrected chi connectivity index (χ3v) is 8.85. The zero-order chi connectivity index (χ0) is 25.1. The van der Waals surface area contributed by atoms with Crippen LogP contribution in [-0.2, 0) is 17.6 Å². The maximum atomic E-state index is 13.7. The first-order valence-corrected chi connectivity index (χ1v) is 14.3. The lowest BCUT2D eigenvalue weighted by Crippen LogP contribution is -2.41.